The van der Waals surface area contributed by atoms with Crippen LogP contribution >= 0.6 is 11.3 Å². The Balaban J connectivity index is 2.07. The Hall–Kier alpha value is -2.75. The van der Waals surface area contributed by atoms with E-state index < -0.39 is 5.97 Å². The molecular weight excluding hydrogens is 430 g/mol. The number of carbonyl (C=O) groups is 3. The van der Waals surface area contributed by atoms with Crippen molar-refractivity contribution >= 4 is 34.1 Å². The van der Waals surface area contributed by atoms with Crippen LogP contribution in [-0.4, -0.2) is 69.7 Å². The smallest absolute Gasteiger partial charge is 0.341 e. The highest BCUT2D eigenvalue weighted by Gasteiger charge is 2.24. The molecule has 2 aromatic rings. The molecule has 0 fully saturated rings. The van der Waals surface area contributed by atoms with E-state index in [1.54, 1.807) is 26.0 Å². The van der Waals surface area contributed by atoms with Crippen LogP contribution < -0.4 is 10.6 Å². The van der Waals surface area contributed by atoms with E-state index in [1.165, 1.54) is 11.3 Å². The minimum Gasteiger partial charge on any atom is -0.462 e. The zero-order valence-electron chi connectivity index (χ0n) is 19.0. The third kappa shape index (κ3) is 7.44. The fraction of sp³-hybridized carbons (Fsp3) is 0.435. The van der Waals surface area contributed by atoms with Crippen LogP contribution in [0.3, 0.4) is 0 Å². The fourth-order valence-electron chi connectivity index (χ4n) is 3.13. The maximum Gasteiger partial charge on any atom is 0.341 e. The van der Waals surface area contributed by atoms with Crippen LogP contribution in [0.15, 0.2) is 30.3 Å². The topological polar surface area (TPSA) is 97.0 Å². The van der Waals surface area contributed by atoms with Crippen molar-refractivity contribution in [3.05, 3.63) is 41.5 Å². The van der Waals surface area contributed by atoms with Gasteiger partial charge in [-0.1, -0.05) is 30.3 Å². The molecule has 174 valence electrons. The zero-order valence-corrected chi connectivity index (χ0v) is 19.8. The molecule has 0 aliphatic rings. The number of hydrogen-bond donors (Lipinski definition) is 2. The van der Waals surface area contributed by atoms with Gasteiger partial charge in [-0.15, -0.1) is 11.3 Å². The minimum atomic E-state index is -0.470. The molecule has 1 heterocycles. The molecule has 0 atom stereocenters. The molecule has 2 amide bonds. The second-order valence-electron chi connectivity index (χ2n) is 7.26. The molecule has 1 aromatic carbocycles. The molecule has 8 nitrogen and oxygen atoms in total. The molecule has 0 unspecified atom stereocenters. The molecule has 0 aliphatic carbocycles. The number of benzene rings is 1. The second-order valence-corrected chi connectivity index (χ2v) is 8.28. The van der Waals surface area contributed by atoms with E-state index in [1.807, 2.05) is 37.3 Å². The number of nitrogens with one attached hydrogen (secondary N) is 2. The van der Waals surface area contributed by atoms with Gasteiger partial charge < -0.3 is 20.1 Å². The number of thiophene rings is 1. The van der Waals surface area contributed by atoms with Crippen molar-refractivity contribution in [2.75, 3.05) is 52.3 Å². The summed E-state index contributed by atoms with van der Waals surface area (Å²) in [6.45, 7) is 5.02. The largest absolute Gasteiger partial charge is 0.462 e. The number of ether oxygens (including phenoxy) is 2. The Bertz CT molecular complexity index is 914. The summed E-state index contributed by atoms with van der Waals surface area (Å²) in [6, 6.07) is 9.68. The third-order valence-corrected chi connectivity index (χ3v) is 5.85. The SMILES string of the molecule is CCOC(=O)c1c(NC(=O)CN(C)CC(=O)NCCCOC)sc(-c2ccccc2)c1C. The maximum atomic E-state index is 12.6. The second kappa shape index (κ2) is 12.9. The standard InChI is InChI=1S/C23H31N3O5S/c1-5-31-23(29)20-16(2)21(17-10-7-6-8-11-17)32-22(20)25-19(28)15-26(3)14-18(27)24-12-9-13-30-4/h6-8,10-11H,5,9,12-15H2,1-4H3,(H,24,27)(H,25,28). The lowest BCUT2D eigenvalue weighted by molar-refractivity contribution is -0.123. The Morgan fingerprint density at radius 1 is 1.09 bits per heavy atom. The number of anilines is 1. The molecule has 2 N–H and O–H groups in total. The molecule has 0 bridgehead atoms. The van der Waals surface area contributed by atoms with Gasteiger partial charge >= 0.3 is 5.97 Å². The molecule has 0 saturated carbocycles. The van der Waals surface area contributed by atoms with E-state index in [4.69, 9.17) is 9.47 Å². The van der Waals surface area contributed by atoms with Gasteiger partial charge in [-0.3, -0.25) is 14.5 Å². The minimum absolute atomic E-state index is 0.00533. The lowest BCUT2D eigenvalue weighted by Gasteiger charge is -2.16. The number of rotatable bonds is 12. The number of amides is 2. The summed E-state index contributed by atoms with van der Waals surface area (Å²) in [7, 11) is 3.30. The maximum absolute atomic E-state index is 12.6. The van der Waals surface area contributed by atoms with Gasteiger partial charge in [0.25, 0.3) is 0 Å². The number of methoxy groups -OCH3 is 1. The number of likely N-dealkylation sites (N-methyl/N-ethyl adjacent to an activating group) is 1. The molecule has 0 aliphatic heterocycles. The summed E-state index contributed by atoms with van der Waals surface area (Å²) >= 11 is 1.34. The van der Waals surface area contributed by atoms with Crippen LogP contribution in [0.4, 0.5) is 5.00 Å². The van der Waals surface area contributed by atoms with Gasteiger partial charge in [0.1, 0.15) is 5.00 Å². The average Bonchev–Trinajstić information content (AvgIpc) is 3.07. The van der Waals surface area contributed by atoms with Crippen molar-refractivity contribution in [2.24, 2.45) is 0 Å². The zero-order chi connectivity index (χ0) is 23.5. The van der Waals surface area contributed by atoms with Crippen molar-refractivity contribution in [1.82, 2.24) is 10.2 Å². The Morgan fingerprint density at radius 3 is 2.44 bits per heavy atom. The van der Waals surface area contributed by atoms with E-state index in [2.05, 4.69) is 10.6 Å². The molecule has 9 heteroatoms. The first kappa shape index (κ1) is 25.5. The first-order chi connectivity index (χ1) is 15.4. The van der Waals surface area contributed by atoms with Crippen LogP contribution in [0.25, 0.3) is 10.4 Å². The average molecular weight is 462 g/mol. The summed E-state index contributed by atoms with van der Waals surface area (Å²) in [5, 5.41) is 6.07. The highest BCUT2D eigenvalue weighted by Crippen LogP contribution is 2.40. The summed E-state index contributed by atoms with van der Waals surface area (Å²) in [4.78, 5) is 39.7. The Kier molecular flexibility index (Phi) is 10.3. The summed E-state index contributed by atoms with van der Waals surface area (Å²) in [5.74, 6) is -0.949. The summed E-state index contributed by atoms with van der Waals surface area (Å²) in [5.41, 5.74) is 2.09. The normalized spacial score (nSPS) is 10.8. The van der Waals surface area contributed by atoms with E-state index in [0.29, 0.717) is 23.7 Å². The van der Waals surface area contributed by atoms with E-state index in [9.17, 15) is 14.4 Å². The molecule has 32 heavy (non-hydrogen) atoms. The summed E-state index contributed by atoms with van der Waals surface area (Å²) < 4.78 is 10.2. The Labute approximate surface area is 192 Å². The van der Waals surface area contributed by atoms with Crippen LogP contribution in [0.2, 0.25) is 0 Å². The van der Waals surface area contributed by atoms with E-state index >= 15 is 0 Å². The van der Waals surface area contributed by atoms with Gasteiger partial charge in [-0.25, -0.2) is 4.79 Å². The van der Waals surface area contributed by atoms with Crippen molar-refractivity contribution in [3.63, 3.8) is 0 Å². The van der Waals surface area contributed by atoms with Gasteiger partial charge in [0.2, 0.25) is 11.8 Å². The molecule has 1 aromatic heterocycles. The molecule has 0 saturated heterocycles. The van der Waals surface area contributed by atoms with Gasteiger partial charge in [-0.2, -0.15) is 0 Å². The number of esters is 1. The van der Waals surface area contributed by atoms with Gasteiger partial charge in [0, 0.05) is 25.1 Å². The molecule has 0 radical (unpaired) electrons. The van der Waals surface area contributed by atoms with Gasteiger partial charge in [0.15, 0.2) is 0 Å². The molecule has 2 rings (SSSR count). The monoisotopic (exact) mass is 461 g/mol. The number of hydrogen-bond acceptors (Lipinski definition) is 7. The molecule has 0 spiro atoms. The van der Waals surface area contributed by atoms with Crippen LogP contribution in [0, 0.1) is 6.92 Å². The van der Waals surface area contributed by atoms with Crippen molar-refractivity contribution in [1.29, 1.82) is 0 Å². The summed E-state index contributed by atoms with van der Waals surface area (Å²) in [6.07, 6.45) is 0.727. The van der Waals surface area contributed by atoms with Crippen LogP contribution in [-0.2, 0) is 19.1 Å². The quantitative estimate of drug-likeness (QED) is 0.373. The highest BCUT2D eigenvalue weighted by atomic mass is 32.1. The fourth-order valence-corrected chi connectivity index (χ4v) is 4.34. The van der Waals surface area contributed by atoms with Crippen molar-refractivity contribution in [2.45, 2.75) is 20.3 Å². The first-order valence-corrected chi connectivity index (χ1v) is 11.3. The van der Waals surface area contributed by atoms with Gasteiger partial charge in [-0.05, 0) is 38.4 Å². The molecular formula is C23H31N3O5S. The number of carbonyl (C=O) groups excluding carboxylic acids is 3. The third-order valence-electron chi connectivity index (χ3n) is 4.59. The van der Waals surface area contributed by atoms with Crippen LogP contribution in [0.5, 0.6) is 0 Å². The lowest BCUT2D eigenvalue weighted by Crippen LogP contribution is -2.39. The Morgan fingerprint density at radius 2 is 1.78 bits per heavy atom. The van der Waals surface area contributed by atoms with E-state index in [-0.39, 0.29) is 31.5 Å². The lowest BCUT2D eigenvalue weighted by atomic mass is 10.1. The highest BCUT2D eigenvalue weighted by molar-refractivity contribution is 7.20. The predicted octanol–water partition coefficient (Wildman–Crippen LogP) is 2.92. The predicted molar refractivity (Wildman–Crippen MR) is 126 cm³/mol. The van der Waals surface area contributed by atoms with Crippen molar-refractivity contribution in [3.8, 4) is 10.4 Å². The van der Waals surface area contributed by atoms with Crippen molar-refractivity contribution < 1.29 is 23.9 Å². The van der Waals surface area contributed by atoms with E-state index in [0.717, 1.165) is 22.4 Å². The number of nitrogens with zero attached hydrogens (tertiary/aromatic N) is 1. The van der Waals surface area contributed by atoms with Gasteiger partial charge in [0.05, 0.1) is 25.3 Å². The van der Waals surface area contributed by atoms with Crippen LogP contribution in [0.1, 0.15) is 29.3 Å². The first-order valence-electron chi connectivity index (χ1n) is 10.5.